The fourth-order valence-electron chi connectivity index (χ4n) is 4.34. The maximum atomic E-state index is 12.1. The van der Waals surface area contributed by atoms with E-state index in [1.165, 1.54) is 32.2 Å². The van der Waals surface area contributed by atoms with Gasteiger partial charge in [0.1, 0.15) is 5.60 Å². The first-order chi connectivity index (χ1) is 12.8. The highest BCUT2D eigenvalue weighted by Gasteiger charge is 2.43. The smallest absolute Gasteiger partial charge is 0.410 e. The van der Waals surface area contributed by atoms with E-state index < -0.39 is 5.60 Å². The summed E-state index contributed by atoms with van der Waals surface area (Å²) in [6, 6.07) is 0. The van der Waals surface area contributed by atoms with Crippen LogP contribution in [0.4, 0.5) is 4.79 Å². The Morgan fingerprint density at radius 2 is 1.75 bits per heavy atom. The molecule has 2 heterocycles. The summed E-state index contributed by atoms with van der Waals surface area (Å²) in [4.78, 5) is 23.3. The van der Waals surface area contributed by atoms with Crippen LogP contribution in [0, 0.1) is 5.41 Å². The minimum atomic E-state index is -0.429. The standard InChI is InChI=1S/C20H37N5O2.HI/c1-19(2,3)27-18(26)24-14-12-23(13-15-24)11-9-22-17(21-4)25-10-8-20(16-25)6-5-7-20;/h5-16H2,1-4H3,(H,21,22);1H. The predicted octanol–water partition coefficient (Wildman–Crippen LogP) is 2.61. The second kappa shape index (κ2) is 9.82. The number of guanidine groups is 1. The third-order valence-electron chi connectivity index (χ3n) is 6.10. The van der Waals surface area contributed by atoms with Crippen LogP contribution in [0.1, 0.15) is 46.5 Å². The molecule has 1 N–H and O–H groups in total. The van der Waals surface area contributed by atoms with Gasteiger partial charge in [0.25, 0.3) is 0 Å². The van der Waals surface area contributed by atoms with Crippen LogP contribution in [0.5, 0.6) is 0 Å². The molecule has 3 aliphatic rings. The Morgan fingerprint density at radius 1 is 1.07 bits per heavy atom. The first-order valence-corrected chi connectivity index (χ1v) is 10.5. The second-order valence-electron chi connectivity index (χ2n) is 9.31. The van der Waals surface area contributed by atoms with Gasteiger partial charge in [0.2, 0.25) is 0 Å². The van der Waals surface area contributed by atoms with E-state index in [1.54, 1.807) is 0 Å². The fourth-order valence-corrected chi connectivity index (χ4v) is 4.34. The molecule has 2 aliphatic heterocycles. The molecule has 2 saturated heterocycles. The Hall–Kier alpha value is -0.770. The summed E-state index contributed by atoms with van der Waals surface area (Å²) in [5.74, 6) is 1.05. The van der Waals surface area contributed by atoms with Gasteiger partial charge in [-0.15, -0.1) is 24.0 Å². The number of carbonyl (C=O) groups excluding carboxylic acids is 1. The summed E-state index contributed by atoms with van der Waals surface area (Å²) in [6.07, 6.45) is 5.31. The van der Waals surface area contributed by atoms with E-state index in [2.05, 4.69) is 20.1 Å². The Bertz CT molecular complexity index is 551. The molecule has 0 atom stereocenters. The first-order valence-electron chi connectivity index (χ1n) is 10.5. The maximum Gasteiger partial charge on any atom is 0.410 e. The molecule has 162 valence electrons. The molecular weight excluding hydrogens is 469 g/mol. The Balaban J connectivity index is 0.00000280. The van der Waals surface area contributed by atoms with Crippen molar-refractivity contribution in [2.24, 2.45) is 10.4 Å². The average molecular weight is 507 g/mol. The van der Waals surface area contributed by atoms with Gasteiger partial charge in [0.15, 0.2) is 5.96 Å². The van der Waals surface area contributed by atoms with Crippen LogP contribution in [0.25, 0.3) is 0 Å². The van der Waals surface area contributed by atoms with E-state index in [0.717, 1.165) is 51.8 Å². The van der Waals surface area contributed by atoms with E-state index in [-0.39, 0.29) is 30.1 Å². The summed E-state index contributed by atoms with van der Waals surface area (Å²) in [6.45, 7) is 13.2. The zero-order valence-electron chi connectivity index (χ0n) is 18.0. The zero-order valence-corrected chi connectivity index (χ0v) is 20.3. The van der Waals surface area contributed by atoms with Gasteiger partial charge in [0.05, 0.1) is 0 Å². The Kier molecular flexibility index (Phi) is 8.25. The van der Waals surface area contributed by atoms with Crippen molar-refractivity contribution in [1.82, 2.24) is 20.0 Å². The van der Waals surface area contributed by atoms with Gasteiger partial charge in [-0.05, 0) is 45.4 Å². The molecule has 7 nitrogen and oxygen atoms in total. The van der Waals surface area contributed by atoms with Crippen molar-refractivity contribution < 1.29 is 9.53 Å². The summed E-state index contributed by atoms with van der Waals surface area (Å²) < 4.78 is 5.46. The number of piperazine rings is 1. The molecule has 0 aromatic heterocycles. The van der Waals surface area contributed by atoms with Gasteiger partial charge in [-0.2, -0.15) is 0 Å². The molecule has 0 aromatic carbocycles. The van der Waals surface area contributed by atoms with Crippen LogP contribution < -0.4 is 5.32 Å². The monoisotopic (exact) mass is 507 g/mol. The fraction of sp³-hybridized carbons (Fsp3) is 0.900. The van der Waals surface area contributed by atoms with Gasteiger partial charge in [-0.25, -0.2) is 4.79 Å². The molecule has 0 aromatic rings. The number of nitrogens with zero attached hydrogens (tertiary/aromatic N) is 4. The number of rotatable bonds is 3. The van der Waals surface area contributed by atoms with Crippen molar-refractivity contribution in [3.8, 4) is 0 Å². The summed E-state index contributed by atoms with van der Waals surface area (Å²) in [5, 5.41) is 3.54. The lowest BCUT2D eigenvalue weighted by molar-refractivity contribution is 0.0147. The van der Waals surface area contributed by atoms with Crippen LogP contribution in [-0.4, -0.2) is 91.8 Å². The highest BCUT2D eigenvalue weighted by atomic mass is 127. The third kappa shape index (κ3) is 6.11. The molecule has 3 rings (SSSR count). The molecule has 0 unspecified atom stereocenters. The number of carbonyl (C=O) groups is 1. The molecule has 0 radical (unpaired) electrons. The number of hydrogen-bond acceptors (Lipinski definition) is 4. The largest absolute Gasteiger partial charge is 0.444 e. The van der Waals surface area contributed by atoms with Crippen LogP contribution in [0.3, 0.4) is 0 Å². The summed E-state index contributed by atoms with van der Waals surface area (Å²) in [5.41, 5.74) is 0.164. The molecule has 1 aliphatic carbocycles. The maximum absolute atomic E-state index is 12.1. The van der Waals surface area contributed by atoms with E-state index in [9.17, 15) is 4.79 Å². The summed E-state index contributed by atoms with van der Waals surface area (Å²) >= 11 is 0. The van der Waals surface area contributed by atoms with Crippen molar-refractivity contribution in [3.05, 3.63) is 0 Å². The van der Waals surface area contributed by atoms with E-state index in [4.69, 9.17) is 4.74 Å². The van der Waals surface area contributed by atoms with Gasteiger partial charge in [-0.1, -0.05) is 6.42 Å². The highest BCUT2D eigenvalue weighted by molar-refractivity contribution is 14.0. The van der Waals surface area contributed by atoms with Crippen molar-refractivity contribution in [2.45, 2.75) is 52.1 Å². The average Bonchev–Trinajstić information content (AvgIpc) is 3.03. The minimum absolute atomic E-state index is 0. The second-order valence-corrected chi connectivity index (χ2v) is 9.31. The van der Waals surface area contributed by atoms with Gasteiger partial charge in [-0.3, -0.25) is 9.89 Å². The third-order valence-corrected chi connectivity index (χ3v) is 6.10. The molecule has 1 amide bonds. The molecule has 3 fully saturated rings. The SMILES string of the molecule is CN=C(NCCN1CCN(C(=O)OC(C)(C)C)CC1)N1CCC2(CCC2)C1.I. The number of ether oxygens (including phenoxy) is 1. The lowest BCUT2D eigenvalue weighted by atomic mass is 9.68. The van der Waals surface area contributed by atoms with E-state index >= 15 is 0 Å². The van der Waals surface area contributed by atoms with Gasteiger partial charge in [0, 0.05) is 59.4 Å². The lowest BCUT2D eigenvalue weighted by Gasteiger charge is -2.38. The zero-order chi connectivity index (χ0) is 19.5. The van der Waals surface area contributed by atoms with Gasteiger partial charge >= 0.3 is 6.09 Å². The molecule has 28 heavy (non-hydrogen) atoms. The number of nitrogens with one attached hydrogen (secondary N) is 1. The normalized spacial score (nSPS) is 22.6. The molecule has 8 heteroatoms. The van der Waals surface area contributed by atoms with Crippen molar-refractivity contribution in [1.29, 1.82) is 0 Å². The molecule has 1 spiro atoms. The molecule has 0 bridgehead atoms. The molecular formula is C20H38IN5O2. The van der Waals surface area contributed by atoms with Crippen LogP contribution in [-0.2, 0) is 4.74 Å². The highest BCUT2D eigenvalue weighted by Crippen LogP contribution is 2.47. The van der Waals surface area contributed by atoms with Crippen LogP contribution in [0.15, 0.2) is 4.99 Å². The quantitative estimate of drug-likeness (QED) is 0.362. The van der Waals surface area contributed by atoms with E-state index in [0.29, 0.717) is 5.41 Å². The van der Waals surface area contributed by atoms with Crippen LogP contribution in [0.2, 0.25) is 0 Å². The van der Waals surface area contributed by atoms with Gasteiger partial charge < -0.3 is 19.9 Å². The summed E-state index contributed by atoms with van der Waals surface area (Å²) in [7, 11) is 1.88. The first kappa shape index (κ1) is 23.5. The number of aliphatic imine (C=N–C) groups is 1. The Morgan fingerprint density at radius 3 is 2.25 bits per heavy atom. The number of halogens is 1. The Labute approximate surface area is 187 Å². The van der Waals surface area contributed by atoms with Crippen molar-refractivity contribution in [2.75, 3.05) is 59.4 Å². The minimum Gasteiger partial charge on any atom is -0.444 e. The molecule has 1 saturated carbocycles. The van der Waals surface area contributed by atoms with E-state index in [1.807, 2.05) is 32.7 Å². The number of likely N-dealkylation sites (tertiary alicyclic amines) is 1. The van der Waals surface area contributed by atoms with Crippen LogP contribution >= 0.6 is 24.0 Å². The number of hydrogen-bond donors (Lipinski definition) is 1. The predicted molar refractivity (Wildman–Crippen MR) is 123 cm³/mol. The lowest BCUT2D eigenvalue weighted by Crippen LogP contribution is -2.52. The van der Waals surface area contributed by atoms with Crippen molar-refractivity contribution >= 4 is 36.0 Å². The topological polar surface area (TPSA) is 60.4 Å². The van der Waals surface area contributed by atoms with Crippen molar-refractivity contribution in [3.63, 3.8) is 0 Å². The number of amides is 1.